The number of nitrogens with zero attached hydrogens (tertiary/aromatic N) is 1. The summed E-state index contributed by atoms with van der Waals surface area (Å²) in [6, 6.07) is 10.5. The number of carbonyl (C=O) groups is 1. The molecule has 0 aliphatic rings. The number of hydrogen-bond acceptors (Lipinski definition) is 4. The van der Waals surface area contributed by atoms with Crippen LogP contribution in [0.4, 0.5) is 5.82 Å². The molecule has 0 saturated heterocycles. The first-order valence-corrected chi connectivity index (χ1v) is 6.57. The number of rotatable bonds is 4. The number of aromatic nitrogens is 1. The van der Waals surface area contributed by atoms with E-state index in [0.29, 0.717) is 17.1 Å². The normalized spacial score (nSPS) is 11.9. The summed E-state index contributed by atoms with van der Waals surface area (Å²) >= 11 is 3.40. The molecule has 1 unspecified atom stereocenters. The van der Waals surface area contributed by atoms with Gasteiger partial charge in [0, 0.05) is 11.8 Å². The van der Waals surface area contributed by atoms with Crippen molar-refractivity contribution in [2.24, 2.45) is 0 Å². The number of benzene rings is 1. The Hall–Kier alpha value is -1.88. The lowest BCUT2D eigenvalue weighted by atomic mass is 10.0. The van der Waals surface area contributed by atoms with Crippen LogP contribution in [0.2, 0.25) is 0 Å². The first-order chi connectivity index (χ1) is 9.11. The van der Waals surface area contributed by atoms with Gasteiger partial charge in [-0.3, -0.25) is 4.79 Å². The molecule has 2 aromatic rings. The van der Waals surface area contributed by atoms with Crippen molar-refractivity contribution in [1.82, 2.24) is 4.98 Å². The highest BCUT2D eigenvalue weighted by molar-refractivity contribution is 9.09. The van der Waals surface area contributed by atoms with Crippen molar-refractivity contribution in [2.45, 2.75) is 4.83 Å². The Morgan fingerprint density at radius 3 is 2.84 bits per heavy atom. The molecule has 0 bridgehead atoms. The van der Waals surface area contributed by atoms with Crippen molar-refractivity contribution in [3.05, 3.63) is 53.7 Å². The van der Waals surface area contributed by atoms with Crippen LogP contribution in [0, 0.1) is 0 Å². The Morgan fingerprint density at radius 1 is 1.37 bits per heavy atom. The molecule has 0 aliphatic carbocycles. The van der Waals surface area contributed by atoms with Gasteiger partial charge in [-0.25, -0.2) is 4.98 Å². The molecular weight excluding hydrogens is 308 g/mol. The van der Waals surface area contributed by atoms with Gasteiger partial charge in [0.25, 0.3) is 0 Å². The monoisotopic (exact) mass is 320 g/mol. The van der Waals surface area contributed by atoms with E-state index >= 15 is 0 Å². The molecule has 98 valence electrons. The van der Waals surface area contributed by atoms with E-state index in [2.05, 4.69) is 20.9 Å². The molecule has 1 atom stereocenters. The summed E-state index contributed by atoms with van der Waals surface area (Å²) in [6.45, 7) is 0. The van der Waals surface area contributed by atoms with Crippen molar-refractivity contribution >= 4 is 27.5 Å². The van der Waals surface area contributed by atoms with Gasteiger partial charge in [0.15, 0.2) is 5.78 Å². The summed E-state index contributed by atoms with van der Waals surface area (Å²) < 4.78 is 5.11. The fraction of sp³-hybridized carbons (Fsp3) is 0.143. The van der Waals surface area contributed by atoms with E-state index < -0.39 is 4.83 Å². The van der Waals surface area contributed by atoms with Crippen LogP contribution in [0.15, 0.2) is 42.6 Å². The van der Waals surface area contributed by atoms with Crippen LogP contribution in [0.5, 0.6) is 5.75 Å². The van der Waals surface area contributed by atoms with E-state index in [9.17, 15) is 4.79 Å². The van der Waals surface area contributed by atoms with Crippen LogP contribution in [-0.2, 0) is 0 Å². The Balaban J connectivity index is 2.28. The van der Waals surface area contributed by atoms with Gasteiger partial charge in [-0.15, -0.1) is 0 Å². The van der Waals surface area contributed by atoms with Gasteiger partial charge in [0.05, 0.1) is 7.11 Å². The average molecular weight is 321 g/mol. The van der Waals surface area contributed by atoms with Crippen LogP contribution in [-0.4, -0.2) is 17.9 Å². The standard InChI is InChI=1S/C14H13BrN2O2/c1-19-11-4-2-3-10(7-11)14(18)13(15)9-5-6-17-12(16)8-9/h2-8,13H,1H3,(H2,16,17). The Morgan fingerprint density at radius 2 is 2.16 bits per heavy atom. The second-order valence-electron chi connectivity index (χ2n) is 3.97. The van der Waals surface area contributed by atoms with E-state index in [0.717, 1.165) is 5.56 Å². The number of halogens is 1. The number of hydrogen-bond donors (Lipinski definition) is 1. The van der Waals surface area contributed by atoms with E-state index in [4.69, 9.17) is 10.5 Å². The first kappa shape index (κ1) is 13.5. The van der Waals surface area contributed by atoms with E-state index in [1.54, 1.807) is 49.7 Å². The van der Waals surface area contributed by atoms with Gasteiger partial charge in [-0.2, -0.15) is 0 Å². The quantitative estimate of drug-likeness (QED) is 0.694. The Labute approximate surface area is 119 Å². The lowest BCUT2D eigenvalue weighted by molar-refractivity contribution is 0.0991. The molecule has 0 radical (unpaired) electrons. The van der Waals surface area contributed by atoms with Gasteiger partial charge >= 0.3 is 0 Å². The van der Waals surface area contributed by atoms with Crippen molar-refractivity contribution in [3.63, 3.8) is 0 Å². The number of methoxy groups -OCH3 is 1. The number of ether oxygens (including phenoxy) is 1. The number of pyridine rings is 1. The molecule has 0 spiro atoms. The minimum atomic E-state index is -0.454. The van der Waals surface area contributed by atoms with Crippen LogP contribution in [0.1, 0.15) is 20.7 Å². The lowest BCUT2D eigenvalue weighted by Gasteiger charge is -2.10. The highest BCUT2D eigenvalue weighted by atomic mass is 79.9. The Bertz CT molecular complexity index is 602. The maximum absolute atomic E-state index is 12.4. The summed E-state index contributed by atoms with van der Waals surface area (Å²) in [5.74, 6) is 0.990. The number of ketones is 1. The summed E-state index contributed by atoms with van der Waals surface area (Å²) in [7, 11) is 1.57. The van der Waals surface area contributed by atoms with Gasteiger partial charge in [0.2, 0.25) is 0 Å². The zero-order valence-electron chi connectivity index (χ0n) is 10.3. The topological polar surface area (TPSA) is 65.2 Å². The SMILES string of the molecule is COc1cccc(C(=O)C(Br)c2ccnc(N)c2)c1. The van der Waals surface area contributed by atoms with Crippen LogP contribution in [0.3, 0.4) is 0 Å². The molecule has 0 aliphatic heterocycles. The number of carbonyl (C=O) groups excluding carboxylic acids is 1. The van der Waals surface area contributed by atoms with Crippen molar-refractivity contribution in [3.8, 4) is 5.75 Å². The second kappa shape index (κ2) is 5.84. The van der Waals surface area contributed by atoms with Crippen LogP contribution >= 0.6 is 15.9 Å². The van der Waals surface area contributed by atoms with Crippen molar-refractivity contribution < 1.29 is 9.53 Å². The van der Waals surface area contributed by atoms with E-state index in [1.807, 2.05) is 0 Å². The molecule has 5 heteroatoms. The molecule has 4 nitrogen and oxygen atoms in total. The second-order valence-corrected chi connectivity index (χ2v) is 4.89. The molecular formula is C14H13BrN2O2. The lowest BCUT2D eigenvalue weighted by Crippen LogP contribution is -2.08. The number of nitrogens with two attached hydrogens (primary N) is 1. The smallest absolute Gasteiger partial charge is 0.181 e. The van der Waals surface area contributed by atoms with E-state index in [1.165, 1.54) is 0 Å². The molecule has 2 rings (SSSR count). The maximum atomic E-state index is 12.4. The third-order valence-corrected chi connectivity index (χ3v) is 3.63. The number of nitrogen functional groups attached to an aromatic ring is 1. The Kier molecular flexibility index (Phi) is 4.16. The minimum absolute atomic E-state index is 0.0514. The third-order valence-electron chi connectivity index (χ3n) is 2.68. The predicted octanol–water partition coefficient (Wildman–Crippen LogP) is 2.99. The molecule has 0 amide bonds. The summed E-state index contributed by atoms with van der Waals surface area (Å²) in [5.41, 5.74) is 6.98. The van der Waals surface area contributed by atoms with Gasteiger partial charge < -0.3 is 10.5 Å². The number of alkyl halides is 1. The zero-order valence-corrected chi connectivity index (χ0v) is 11.9. The van der Waals surface area contributed by atoms with Gasteiger partial charge in [-0.1, -0.05) is 28.1 Å². The maximum Gasteiger partial charge on any atom is 0.181 e. The molecule has 1 aromatic carbocycles. The largest absolute Gasteiger partial charge is 0.497 e. The first-order valence-electron chi connectivity index (χ1n) is 5.65. The summed E-state index contributed by atoms with van der Waals surface area (Å²) in [6.07, 6.45) is 1.58. The summed E-state index contributed by atoms with van der Waals surface area (Å²) in [5, 5.41) is 0. The average Bonchev–Trinajstić information content (AvgIpc) is 2.45. The van der Waals surface area contributed by atoms with Gasteiger partial charge in [0.1, 0.15) is 16.4 Å². The van der Waals surface area contributed by atoms with Crippen molar-refractivity contribution in [1.29, 1.82) is 0 Å². The van der Waals surface area contributed by atoms with E-state index in [-0.39, 0.29) is 5.78 Å². The summed E-state index contributed by atoms with van der Waals surface area (Å²) in [4.78, 5) is 15.8. The predicted molar refractivity (Wildman–Crippen MR) is 77.6 cm³/mol. The zero-order chi connectivity index (χ0) is 13.8. The number of Topliss-reactive ketones (excluding diaryl/α,β-unsaturated/α-hetero) is 1. The molecule has 1 aromatic heterocycles. The van der Waals surface area contributed by atoms with Gasteiger partial charge in [-0.05, 0) is 29.8 Å². The fourth-order valence-corrected chi connectivity index (χ4v) is 2.25. The third kappa shape index (κ3) is 3.12. The molecule has 0 saturated carbocycles. The van der Waals surface area contributed by atoms with Crippen LogP contribution in [0.25, 0.3) is 0 Å². The number of anilines is 1. The van der Waals surface area contributed by atoms with Crippen molar-refractivity contribution in [2.75, 3.05) is 12.8 Å². The molecule has 0 fully saturated rings. The highest BCUT2D eigenvalue weighted by Crippen LogP contribution is 2.28. The minimum Gasteiger partial charge on any atom is -0.497 e. The fourth-order valence-electron chi connectivity index (χ4n) is 1.70. The molecule has 19 heavy (non-hydrogen) atoms. The highest BCUT2D eigenvalue weighted by Gasteiger charge is 2.19. The molecule has 2 N–H and O–H groups in total. The molecule has 1 heterocycles. The van der Waals surface area contributed by atoms with Crippen LogP contribution < -0.4 is 10.5 Å².